The van der Waals surface area contributed by atoms with Crippen LogP contribution in [0, 0.1) is 0 Å². The van der Waals surface area contributed by atoms with Crippen molar-refractivity contribution in [3.8, 4) is 0 Å². The molecular weight excluding hydrogens is 264 g/mol. The maximum atomic E-state index is 12.1. The first-order chi connectivity index (χ1) is 9.65. The lowest BCUT2D eigenvalue weighted by atomic mass is 10.1. The number of hydrogen-bond acceptors (Lipinski definition) is 5. The van der Waals surface area contributed by atoms with Crippen LogP contribution in [0.15, 0.2) is 22.6 Å². The summed E-state index contributed by atoms with van der Waals surface area (Å²) in [7, 11) is 0. The van der Waals surface area contributed by atoms with E-state index in [-0.39, 0.29) is 23.2 Å². The summed E-state index contributed by atoms with van der Waals surface area (Å²) in [5.41, 5.74) is 0.786. The third kappa shape index (κ3) is 2.23. The number of fused-ring (bicyclic) bond motifs is 1. The number of benzene rings is 1. The van der Waals surface area contributed by atoms with Crippen LogP contribution in [-0.2, 0) is 4.74 Å². The molecule has 104 valence electrons. The van der Waals surface area contributed by atoms with Gasteiger partial charge in [-0.05, 0) is 18.6 Å². The Labute approximate surface area is 113 Å². The summed E-state index contributed by atoms with van der Waals surface area (Å²) in [5.74, 6) is -2.03. The molecule has 1 aliphatic rings. The van der Waals surface area contributed by atoms with E-state index in [1.54, 1.807) is 18.2 Å². The quantitative estimate of drug-likeness (QED) is 0.865. The zero-order valence-corrected chi connectivity index (χ0v) is 10.5. The minimum Gasteiger partial charge on any atom is -0.474 e. The van der Waals surface area contributed by atoms with Crippen molar-refractivity contribution in [2.45, 2.75) is 12.5 Å². The Morgan fingerprint density at radius 3 is 2.90 bits per heavy atom. The van der Waals surface area contributed by atoms with Crippen molar-refractivity contribution in [2.75, 3.05) is 13.2 Å². The van der Waals surface area contributed by atoms with E-state index in [0.29, 0.717) is 12.1 Å². The van der Waals surface area contributed by atoms with Gasteiger partial charge in [-0.1, -0.05) is 6.07 Å². The molecule has 2 N–H and O–H groups in total. The van der Waals surface area contributed by atoms with Gasteiger partial charge in [0.2, 0.25) is 0 Å². The molecule has 1 amide bonds. The van der Waals surface area contributed by atoms with Crippen LogP contribution in [0.2, 0.25) is 0 Å². The summed E-state index contributed by atoms with van der Waals surface area (Å²) < 4.78 is 10.3. The molecule has 0 radical (unpaired) electrons. The number of aromatic nitrogens is 1. The van der Waals surface area contributed by atoms with Gasteiger partial charge in [-0.15, -0.1) is 0 Å². The van der Waals surface area contributed by atoms with Gasteiger partial charge in [-0.2, -0.15) is 0 Å². The van der Waals surface area contributed by atoms with Gasteiger partial charge in [-0.25, -0.2) is 9.78 Å². The monoisotopic (exact) mass is 276 g/mol. The number of hydrogen-bond donors (Lipinski definition) is 2. The molecule has 1 atom stereocenters. The number of amides is 1. The lowest BCUT2D eigenvalue weighted by molar-refractivity contribution is -0.0472. The molecule has 0 spiro atoms. The Balaban J connectivity index is 1.85. The first-order valence-electron chi connectivity index (χ1n) is 6.18. The molecule has 0 aliphatic carbocycles. The molecule has 7 heteroatoms. The van der Waals surface area contributed by atoms with E-state index >= 15 is 0 Å². The number of carboxylic acid groups (broad SMARTS) is 1. The van der Waals surface area contributed by atoms with E-state index in [9.17, 15) is 9.59 Å². The predicted octanol–water partition coefficient (Wildman–Crippen LogP) is 1.04. The summed E-state index contributed by atoms with van der Waals surface area (Å²) >= 11 is 0. The van der Waals surface area contributed by atoms with Crippen LogP contribution in [0.4, 0.5) is 0 Å². The molecule has 2 aromatic rings. The zero-order chi connectivity index (χ0) is 14.1. The average molecular weight is 276 g/mol. The van der Waals surface area contributed by atoms with E-state index in [1.807, 2.05) is 0 Å². The Bertz CT molecular complexity index is 674. The Kier molecular flexibility index (Phi) is 3.11. The molecule has 20 heavy (non-hydrogen) atoms. The molecule has 1 aromatic carbocycles. The second kappa shape index (κ2) is 4.93. The van der Waals surface area contributed by atoms with E-state index in [2.05, 4.69) is 10.3 Å². The zero-order valence-electron chi connectivity index (χ0n) is 10.5. The van der Waals surface area contributed by atoms with E-state index < -0.39 is 11.9 Å². The van der Waals surface area contributed by atoms with Crippen molar-refractivity contribution in [1.82, 2.24) is 10.3 Å². The van der Waals surface area contributed by atoms with Gasteiger partial charge in [0.1, 0.15) is 5.52 Å². The maximum absolute atomic E-state index is 12.1. The summed E-state index contributed by atoms with van der Waals surface area (Å²) in [6, 6.07) is 4.79. The summed E-state index contributed by atoms with van der Waals surface area (Å²) in [6.45, 7) is 1.15. The highest BCUT2D eigenvalue weighted by molar-refractivity contribution is 6.04. The number of para-hydroxylation sites is 1. The standard InChI is InChI=1S/C13H12N2O5/c16-11(14-6-7-4-5-19-7)8-2-1-3-9-10(8)20-12(15-9)13(17)18/h1-3,7H,4-6H2,(H,14,16)(H,17,18). The average Bonchev–Trinajstić information content (AvgIpc) is 2.80. The molecule has 2 heterocycles. The summed E-state index contributed by atoms with van der Waals surface area (Å²) in [6.07, 6.45) is 0.984. The molecule has 1 aliphatic heterocycles. The molecule has 1 aromatic heterocycles. The van der Waals surface area contributed by atoms with Gasteiger partial charge in [0, 0.05) is 13.2 Å². The number of nitrogens with zero attached hydrogens (tertiary/aromatic N) is 1. The second-order valence-corrected chi connectivity index (χ2v) is 4.47. The van der Waals surface area contributed by atoms with Gasteiger partial charge in [0.05, 0.1) is 11.7 Å². The van der Waals surface area contributed by atoms with Crippen molar-refractivity contribution in [3.05, 3.63) is 29.7 Å². The van der Waals surface area contributed by atoms with Gasteiger partial charge < -0.3 is 19.6 Å². The van der Waals surface area contributed by atoms with E-state index in [1.165, 1.54) is 0 Å². The van der Waals surface area contributed by atoms with Crippen LogP contribution in [0.1, 0.15) is 27.5 Å². The number of carboxylic acids is 1. The van der Waals surface area contributed by atoms with E-state index in [0.717, 1.165) is 13.0 Å². The number of nitrogens with one attached hydrogen (secondary N) is 1. The molecule has 0 saturated carbocycles. The highest BCUT2D eigenvalue weighted by Crippen LogP contribution is 2.20. The lowest BCUT2D eigenvalue weighted by Gasteiger charge is -2.26. The number of aromatic carboxylic acids is 1. The van der Waals surface area contributed by atoms with Gasteiger partial charge >= 0.3 is 11.9 Å². The van der Waals surface area contributed by atoms with Crippen LogP contribution in [0.25, 0.3) is 11.1 Å². The van der Waals surface area contributed by atoms with Gasteiger partial charge in [0.25, 0.3) is 5.91 Å². The first-order valence-corrected chi connectivity index (χ1v) is 6.18. The molecule has 3 rings (SSSR count). The third-order valence-electron chi connectivity index (χ3n) is 3.13. The molecule has 1 fully saturated rings. The van der Waals surface area contributed by atoms with Crippen LogP contribution in [-0.4, -0.2) is 41.2 Å². The Hall–Kier alpha value is -2.41. The number of ether oxygens (including phenoxy) is 1. The topological polar surface area (TPSA) is 102 Å². The number of carbonyl (C=O) groups is 2. The third-order valence-corrected chi connectivity index (χ3v) is 3.13. The Morgan fingerprint density at radius 2 is 2.25 bits per heavy atom. The van der Waals surface area contributed by atoms with Gasteiger partial charge in [0.15, 0.2) is 5.58 Å². The van der Waals surface area contributed by atoms with Crippen molar-refractivity contribution < 1.29 is 23.8 Å². The van der Waals surface area contributed by atoms with Crippen molar-refractivity contribution in [3.63, 3.8) is 0 Å². The molecule has 1 saturated heterocycles. The fourth-order valence-electron chi connectivity index (χ4n) is 1.97. The van der Waals surface area contributed by atoms with Gasteiger partial charge in [-0.3, -0.25) is 4.79 Å². The summed E-state index contributed by atoms with van der Waals surface area (Å²) in [4.78, 5) is 26.7. The van der Waals surface area contributed by atoms with Crippen LogP contribution in [0.3, 0.4) is 0 Å². The normalized spacial score (nSPS) is 17.7. The summed E-state index contributed by atoms with van der Waals surface area (Å²) in [5, 5.41) is 11.6. The Morgan fingerprint density at radius 1 is 1.45 bits per heavy atom. The highest BCUT2D eigenvalue weighted by atomic mass is 16.5. The lowest BCUT2D eigenvalue weighted by Crippen LogP contribution is -2.39. The molecule has 1 unspecified atom stereocenters. The fraction of sp³-hybridized carbons (Fsp3) is 0.308. The van der Waals surface area contributed by atoms with Crippen molar-refractivity contribution >= 4 is 23.0 Å². The first kappa shape index (κ1) is 12.6. The smallest absolute Gasteiger partial charge is 0.392 e. The van der Waals surface area contributed by atoms with Crippen LogP contribution >= 0.6 is 0 Å². The highest BCUT2D eigenvalue weighted by Gasteiger charge is 2.21. The molecule has 7 nitrogen and oxygen atoms in total. The van der Waals surface area contributed by atoms with Crippen LogP contribution < -0.4 is 5.32 Å². The second-order valence-electron chi connectivity index (χ2n) is 4.47. The number of rotatable bonds is 4. The largest absolute Gasteiger partial charge is 0.474 e. The predicted molar refractivity (Wildman–Crippen MR) is 67.7 cm³/mol. The minimum absolute atomic E-state index is 0.0578. The number of carbonyl (C=O) groups excluding carboxylic acids is 1. The fourth-order valence-corrected chi connectivity index (χ4v) is 1.97. The SMILES string of the molecule is O=C(O)c1nc2cccc(C(=O)NCC3CCO3)c2o1. The van der Waals surface area contributed by atoms with E-state index in [4.69, 9.17) is 14.3 Å². The minimum atomic E-state index is -1.27. The molecular formula is C13H12N2O5. The van der Waals surface area contributed by atoms with Crippen molar-refractivity contribution in [1.29, 1.82) is 0 Å². The van der Waals surface area contributed by atoms with Crippen molar-refractivity contribution in [2.24, 2.45) is 0 Å². The maximum Gasteiger partial charge on any atom is 0.392 e. The molecule has 0 bridgehead atoms. The van der Waals surface area contributed by atoms with Crippen LogP contribution in [0.5, 0.6) is 0 Å². The number of oxazole rings is 1.